The molecule has 184 valence electrons. The third kappa shape index (κ3) is 4.88. The number of ether oxygens (including phenoxy) is 1. The highest BCUT2D eigenvalue weighted by atomic mass is 16.5. The number of fused-ring (bicyclic) bond motifs is 1. The number of piperidine rings is 1. The van der Waals surface area contributed by atoms with Crippen molar-refractivity contribution in [3.63, 3.8) is 0 Å². The lowest BCUT2D eigenvalue weighted by atomic mass is 10.00. The van der Waals surface area contributed by atoms with Crippen LogP contribution in [0.25, 0.3) is 11.1 Å². The molecule has 1 N–H and O–H groups in total. The van der Waals surface area contributed by atoms with Crippen molar-refractivity contribution >= 4 is 22.9 Å². The highest BCUT2D eigenvalue weighted by molar-refractivity contribution is 6.06. The Hall–Kier alpha value is -3.42. The molecule has 0 radical (unpaired) electrons. The minimum absolute atomic E-state index is 0.00170. The third-order valence-corrected chi connectivity index (χ3v) is 6.81. The van der Waals surface area contributed by atoms with E-state index in [-0.39, 0.29) is 23.8 Å². The van der Waals surface area contributed by atoms with Crippen LogP contribution in [0.5, 0.6) is 5.75 Å². The van der Waals surface area contributed by atoms with Crippen molar-refractivity contribution < 1.29 is 18.8 Å². The number of benzene rings is 1. The van der Waals surface area contributed by atoms with Crippen molar-refractivity contribution in [1.29, 1.82) is 0 Å². The van der Waals surface area contributed by atoms with Crippen LogP contribution in [0.4, 0.5) is 0 Å². The quantitative estimate of drug-likeness (QED) is 0.533. The maximum atomic E-state index is 13.4. The SMILES string of the molecule is CCOc1ccc(C(=O)N2CCC(NC(=O)c3cc(C4CC4)nc4onc(C(C)C)c34)CC2)cc1. The molecule has 1 saturated heterocycles. The number of pyridine rings is 1. The fourth-order valence-electron chi connectivity index (χ4n) is 4.69. The molecule has 2 amide bonds. The summed E-state index contributed by atoms with van der Waals surface area (Å²) in [6.07, 6.45) is 3.59. The number of nitrogens with zero attached hydrogens (tertiary/aromatic N) is 3. The standard InChI is InChI=1S/C27H32N4O4/c1-4-34-20-9-7-18(8-10-20)27(33)31-13-11-19(12-14-31)28-25(32)21-15-22(17-5-6-17)29-26-23(21)24(16(2)3)30-35-26/h7-10,15-17,19H,4-6,11-14H2,1-3H3,(H,28,32). The number of hydrogen-bond donors (Lipinski definition) is 1. The van der Waals surface area contributed by atoms with Crippen LogP contribution < -0.4 is 10.1 Å². The minimum Gasteiger partial charge on any atom is -0.494 e. The molecule has 2 aliphatic rings. The second kappa shape index (κ2) is 9.68. The monoisotopic (exact) mass is 476 g/mol. The number of carbonyl (C=O) groups is 2. The van der Waals surface area contributed by atoms with Gasteiger partial charge in [0.25, 0.3) is 17.5 Å². The van der Waals surface area contributed by atoms with E-state index in [4.69, 9.17) is 9.26 Å². The van der Waals surface area contributed by atoms with Gasteiger partial charge in [-0.3, -0.25) is 9.59 Å². The third-order valence-electron chi connectivity index (χ3n) is 6.81. The number of rotatable bonds is 7. The van der Waals surface area contributed by atoms with E-state index >= 15 is 0 Å². The number of carbonyl (C=O) groups excluding carboxylic acids is 2. The number of likely N-dealkylation sites (tertiary alicyclic amines) is 1. The summed E-state index contributed by atoms with van der Waals surface area (Å²) >= 11 is 0. The molecule has 2 fully saturated rings. The average molecular weight is 477 g/mol. The highest BCUT2D eigenvalue weighted by Gasteiger charge is 2.31. The van der Waals surface area contributed by atoms with Gasteiger partial charge >= 0.3 is 0 Å². The van der Waals surface area contributed by atoms with E-state index in [0.29, 0.717) is 60.7 Å². The molecule has 0 spiro atoms. The van der Waals surface area contributed by atoms with Crippen LogP contribution in [0.3, 0.4) is 0 Å². The summed E-state index contributed by atoms with van der Waals surface area (Å²) < 4.78 is 11.0. The van der Waals surface area contributed by atoms with Gasteiger partial charge in [0.05, 0.1) is 23.3 Å². The lowest BCUT2D eigenvalue weighted by Crippen LogP contribution is -2.46. The number of nitrogens with one attached hydrogen (secondary N) is 1. The van der Waals surface area contributed by atoms with Crippen molar-refractivity contribution in [2.75, 3.05) is 19.7 Å². The predicted molar refractivity (Wildman–Crippen MR) is 132 cm³/mol. The van der Waals surface area contributed by atoms with Crippen molar-refractivity contribution in [2.24, 2.45) is 0 Å². The number of hydrogen-bond acceptors (Lipinski definition) is 6. The van der Waals surface area contributed by atoms with Crippen molar-refractivity contribution in [3.8, 4) is 5.75 Å². The Bertz CT molecular complexity index is 1220. The summed E-state index contributed by atoms with van der Waals surface area (Å²) in [5.74, 6) is 1.16. The van der Waals surface area contributed by atoms with Gasteiger partial charge in [0.2, 0.25) is 0 Å². The van der Waals surface area contributed by atoms with E-state index < -0.39 is 0 Å². The zero-order chi connectivity index (χ0) is 24.5. The summed E-state index contributed by atoms with van der Waals surface area (Å²) in [7, 11) is 0. The normalized spacial score (nSPS) is 16.6. The molecule has 8 heteroatoms. The van der Waals surface area contributed by atoms with Crippen LogP contribution in [-0.2, 0) is 0 Å². The fraction of sp³-hybridized carbons (Fsp3) is 0.481. The van der Waals surface area contributed by atoms with Gasteiger partial charge in [-0.05, 0) is 68.9 Å². The molecule has 5 rings (SSSR count). The Morgan fingerprint density at radius 1 is 1.14 bits per heavy atom. The summed E-state index contributed by atoms with van der Waals surface area (Å²) in [6.45, 7) is 7.78. The minimum atomic E-state index is -0.124. The lowest BCUT2D eigenvalue weighted by molar-refractivity contribution is 0.0698. The van der Waals surface area contributed by atoms with Gasteiger partial charge in [0.1, 0.15) is 5.75 Å². The lowest BCUT2D eigenvalue weighted by Gasteiger charge is -2.32. The molecule has 35 heavy (non-hydrogen) atoms. The van der Waals surface area contributed by atoms with E-state index in [9.17, 15) is 9.59 Å². The van der Waals surface area contributed by atoms with E-state index in [1.807, 2.05) is 43.9 Å². The zero-order valence-electron chi connectivity index (χ0n) is 20.5. The van der Waals surface area contributed by atoms with E-state index in [2.05, 4.69) is 15.5 Å². The molecule has 3 aromatic rings. The van der Waals surface area contributed by atoms with E-state index in [1.165, 1.54) is 0 Å². The molecule has 1 aromatic carbocycles. The molecule has 0 bridgehead atoms. The molecule has 0 atom stereocenters. The summed E-state index contributed by atoms with van der Waals surface area (Å²) in [5, 5.41) is 8.12. The highest BCUT2D eigenvalue weighted by Crippen LogP contribution is 2.41. The Balaban J connectivity index is 1.26. The largest absolute Gasteiger partial charge is 0.494 e. The first-order valence-corrected chi connectivity index (χ1v) is 12.6. The molecule has 1 saturated carbocycles. The van der Waals surface area contributed by atoms with Crippen LogP contribution in [0.1, 0.15) is 90.4 Å². The zero-order valence-corrected chi connectivity index (χ0v) is 20.5. The topological polar surface area (TPSA) is 97.6 Å². The Morgan fingerprint density at radius 3 is 2.49 bits per heavy atom. The second-order valence-electron chi connectivity index (χ2n) is 9.77. The molecule has 1 aliphatic heterocycles. The van der Waals surface area contributed by atoms with Gasteiger partial charge in [-0.2, -0.15) is 0 Å². The van der Waals surface area contributed by atoms with Crippen LogP contribution >= 0.6 is 0 Å². The van der Waals surface area contributed by atoms with Crippen molar-refractivity contribution in [1.82, 2.24) is 20.4 Å². The van der Waals surface area contributed by atoms with E-state index in [0.717, 1.165) is 30.0 Å². The number of amides is 2. The first kappa shape index (κ1) is 23.3. The molecular weight excluding hydrogens is 444 g/mol. The fourth-order valence-corrected chi connectivity index (χ4v) is 4.69. The summed E-state index contributed by atoms with van der Waals surface area (Å²) in [6, 6.07) is 9.18. The molecule has 8 nitrogen and oxygen atoms in total. The number of aromatic nitrogens is 2. The van der Waals surface area contributed by atoms with Gasteiger partial charge in [-0.25, -0.2) is 4.98 Å². The van der Waals surface area contributed by atoms with Crippen LogP contribution in [-0.4, -0.2) is 52.6 Å². The average Bonchev–Trinajstić information content (AvgIpc) is 3.62. The summed E-state index contributed by atoms with van der Waals surface area (Å²) in [5.41, 5.74) is 3.35. The Kier molecular flexibility index (Phi) is 6.45. The Labute approximate surface area is 205 Å². The smallest absolute Gasteiger partial charge is 0.259 e. The Morgan fingerprint density at radius 2 is 1.86 bits per heavy atom. The van der Waals surface area contributed by atoms with Gasteiger partial charge in [-0.1, -0.05) is 19.0 Å². The molecule has 3 heterocycles. The van der Waals surface area contributed by atoms with Crippen LogP contribution in [0.2, 0.25) is 0 Å². The summed E-state index contributed by atoms with van der Waals surface area (Å²) in [4.78, 5) is 32.8. The maximum Gasteiger partial charge on any atom is 0.259 e. The van der Waals surface area contributed by atoms with Crippen molar-refractivity contribution in [2.45, 2.75) is 64.3 Å². The first-order valence-electron chi connectivity index (χ1n) is 12.6. The van der Waals surface area contributed by atoms with Gasteiger partial charge in [-0.15, -0.1) is 0 Å². The maximum absolute atomic E-state index is 13.4. The van der Waals surface area contributed by atoms with Crippen LogP contribution in [0, 0.1) is 0 Å². The molecule has 2 aromatic heterocycles. The molecule has 0 unspecified atom stereocenters. The van der Waals surface area contributed by atoms with Gasteiger partial charge < -0.3 is 19.5 Å². The van der Waals surface area contributed by atoms with Crippen LogP contribution in [0.15, 0.2) is 34.9 Å². The van der Waals surface area contributed by atoms with E-state index in [1.54, 1.807) is 12.1 Å². The van der Waals surface area contributed by atoms with Gasteiger partial charge in [0.15, 0.2) is 0 Å². The second-order valence-corrected chi connectivity index (χ2v) is 9.77. The van der Waals surface area contributed by atoms with Gasteiger partial charge in [0, 0.05) is 36.3 Å². The molecular formula is C27H32N4O4. The first-order chi connectivity index (χ1) is 16.9. The predicted octanol–water partition coefficient (Wildman–Crippen LogP) is 4.66. The molecule has 1 aliphatic carbocycles. The van der Waals surface area contributed by atoms with Crippen molar-refractivity contribution in [3.05, 3.63) is 52.8 Å².